The smallest absolute Gasteiger partial charge is 0.253 e. The van der Waals surface area contributed by atoms with Crippen molar-refractivity contribution in [2.24, 2.45) is 5.73 Å². The van der Waals surface area contributed by atoms with Crippen LogP contribution in [0.3, 0.4) is 0 Å². The molecule has 90 valence electrons. The van der Waals surface area contributed by atoms with E-state index in [1.165, 1.54) is 0 Å². The van der Waals surface area contributed by atoms with Gasteiger partial charge in [0.15, 0.2) is 0 Å². The topological polar surface area (TPSA) is 87.1 Å². The van der Waals surface area contributed by atoms with Crippen molar-refractivity contribution in [2.45, 2.75) is 12.8 Å². The Hall–Kier alpha value is -1.95. The van der Waals surface area contributed by atoms with E-state index in [1.807, 2.05) is 6.07 Å². The zero-order chi connectivity index (χ0) is 12.1. The standard InChI is InChI=1S/C11H14N4O2/c1-16-10-8(4-3-7-13-10)11-15-14-9(17-11)5-2-6-12/h3-4,7H,2,5-6,12H2,1H3. The summed E-state index contributed by atoms with van der Waals surface area (Å²) in [7, 11) is 1.55. The number of aromatic nitrogens is 3. The Morgan fingerprint density at radius 3 is 3.06 bits per heavy atom. The minimum absolute atomic E-state index is 0.418. The molecule has 2 heterocycles. The van der Waals surface area contributed by atoms with Crippen LogP contribution in [0.1, 0.15) is 12.3 Å². The van der Waals surface area contributed by atoms with Crippen molar-refractivity contribution in [1.29, 1.82) is 0 Å². The van der Waals surface area contributed by atoms with E-state index in [2.05, 4.69) is 15.2 Å². The van der Waals surface area contributed by atoms with E-state index in [-0.39, 0.29) is 0 Å². The summed E-state index contributed by atoms with van der Waals surface area (Å²) >= 11 is 0. The third kappa shape index (κ3) is 2.59. The molecule has 6 nitrogen and oxygen atoms in total. The molecule has 0 bridgehead atoms. The fourth-order valence-electron chi connectivity index (χ4n) is 1.43. The van der Waals surface area contributed by atoms with Crippen LogP contribution in [0.15, 0.2) is 22.7 Å². The van der Waals surface area contributed by atoms with Crippen molar-refractivity contribution in [1.82, 2.24) is 15.2 Å². The molecule has 2 rings (SSSR count). The minimum atomic E-state index is 0.418. The van der Waals surface area contributed by atoms with Gasteiger partial charge in [0.2, 0.25) is 11.8 Å². The molecule has 0 aliphatic rings. The Balaban J connectivity index is 2.24. The molecular weight excluding hydrogens is 220 g/mol. The molecule has 0 spiro atoms. The fourth-order valence-corrected chi connectivity index (χ4v) is 1.43. The third-order valence-electron chi connectivity index (χ3n) is 2.26. The summed E-state index contributed by atoms with van der Waals surface area (Å²) in [6.07, 6.45) is 3.16. The van der Waals surface area contributed by atoms with E-state index in [4.69, 9.17) is 14.9 Å². The maximum atomic E-state index is 5.52. The summed E-state index contributed by atoms with van der Waals surface area (Å²) in [5, 5.41) is 7.92. The molecule has 0 radical (unpaired) electrons. The number of rotatable bonds is 5. The average molecular weight is 234 g/mol. The molecule has 17 heavy (non-hydrogen) atoms. The van der Waals surface area contributed by atoms with Crippen LogP contribution in [-0.2, 0) is 6.42 Å². The summed E-state index contributed by atoms with van der Waals surface area (Å²) in [5.41, 5.74) is 6.12. The van der Waals surface area contributed by atoms with Crippen molar-refractivity contribution >= 4 is 0 Å². The van der Waals surface area contributed by atoms with Gasteiger partial charge in [0.1, 0.15) is 5.56 Å². The highest BCUT2D eigenvalue weighted by Gasteiger charge is 2.13. The SMILES string of the molecule is COc1ncccc1-c1nnc(CCCN)o1. The summed E-state index contributed by atoms with van der Waals surface area (Å²) in [5.74, 6) is 1.47. The molecule has 6 heteroatoms. The van der Waals surface area contributed by atoms with Gasteiger partial charge in [-0.15, -0.1) is 10.2 Å². The lowest BCUT2D eigenvalue weighted by Gasteiger charge is -2.01. The minimum Gasteiger partial charge on any atom is -0.480 e. The van der Waals surface area contributed by atoms with E-state index >= 15 is 0 Å². The highest BCUT2D eigenvalue weighted by molar-refractivity contribution is 5.59. The Morgan fingerprint density at radius 1 is 1.41 bits per heavy atom. The van der Waals surface area contributed by atoms with Crippen LogP contribution in [0.5, 0.6) is 5.88 Å². The van der Waals surface area contributed by atoms with Gasteiger partial charge in [-0.25, -0.2) is 4.98 Å². The second-order valence-electron chi connectivity index (χ2n) is 3.45. The monoisotopic (exact) mass is 234 g/mol. The predicted octanol–water partition coefficient (Wildman–Crippen LogP) is 1.03. The summed E-state index contributed by atoms with van der Waals surface area (Å²) < 4.78 is 10.6. The van der Waals surface area contributed by atoms with Gasteiger partial charge >= 0.3 is 0 Å². The van der Waals surface area contributed by atoms with Crippen molar-refractivity contribution in [3.8, 4) is 17.3 Å². The lowest BCUT2D eigenvalue weighted by atomic mass is 10.3. The number of aryl methyl sites for hydroxylation is 1. The van der Waals surface area contributed by atoms with Crippen LogP contribution >= 0.6 is 0 Å². The third-order valence-corrected chi connectivity index (χ3v) is 2.26. The Kier molecular flexibility index (Phi) is 3.66. The molecule has 0 aliphatic heterocycles. The van der Waals surface area contributed by atoms with E-state index < -0.39 is 0 Å². The van der Waals surface area contributed by atoms with Gasteiger partial charge in [-0.2, -0.15) is 0 Å². The van der Waals surface area contributed by atoms with Crippen LogP contribution in [0.25, 0.3) is 11.5 Å². The van der Waals surface area contributed by atoms with Gasteiger partial charge in [0.05, 0.1) is 7.11 Å². The molecule has 2 aromatic rings. The van der Waals surface area contributed by atoms with E-state index in [9.17, 15) is 0 Å². The molecule has 0 amide bonds. The van der Waals surface area contributed by atoms with Crippen molar-refractivity contribution < 1.29 is 9.15 Å². The van der Waals surface area contributed by atoms with Crippen LogP contribution in [0, 0.1) is 0 Å². The van der Waals surface area contributed by atoms with Crippen LogP contribution in [-0.4, -0.2) is 28.8 Å². The molecule has 0 unspecified atom stereocenters. The zero-order valence-corrected chi connectivity index (χ0v) is 9.59. The van der Waals surface area contributed by atoms with Gasteiger partial charge in [-0.1, -0.05) is 0 Å². The molecule has 0 saturated carbocycles. The molecule has 0 aromatic carbocycles. The maximum Gasteiger partial charge on any atom is 0.253 e. The van der Waals surface area contributed by atoms with Gasteiger partial charge in [-0.3, -0.25) is 0 Å². The normalized spacial score (nSPS) is 10.5. The highest BCUT2D eigenvalue weighted by atomic mass is 16.5. The average Bonchev–Trinajstić information content (AvgIpc) is 2.85. The van der Waals surface area contributed by atoms with Gasteiger partial charge < -0.3 is 14.9 Å². The first kappa shape index (κ1) is 11.5. The van der Waals surface area contributed by atoms with Gasteiger partial charge in [0, 0.05) is 12.6 Å². The van der Waals surface area contributed by atoms with Crippen molar-refractivity contribution in [3.05, 3.63) is 24.2 Å². The summed E-state index contributed by atoms with van der Waals surface area (Å²) in [6.45, 7) is 0.605. The fraction of sp³-hybridized carbons (Fsp3) is 0.364. The number of nitrogens with two attached hydrogens (primary N) is 1. The second-order valence-corrected chi connectivity index (χ2v) is 3.45. The molecule has 0 fully saturated rings. The molecule has 2 N–H and O–H groups in total. The molecule has 0 saturated heterocycles. The number of ether oxygens (including phenoxy) is 1. The zero-order valence-electron chi connectivity index (χ0n) is 9.59. The first-order valence-corrected chi connectivity index (χ1v) is 5.37. The summed E-state index contributed by atoms with van der Waals surface area (Å²) in [6, 6.07) is 3.62. The number of hydrogen-bond acceptors (Lipinski definition) is 6. The predicted molar refractivity (Wildman–Crippen MR) is 61.5 cm³/mol. The lowest BCUT2D eigenvalue weighted by Crippen LogP contribution is -2.00. The number of pyridine rings is 1. The Morgan fingerprint density at radius 2 is 2.29 bits per heavy atom. The first-order valence-electron chi connectivity index (χ1n) is 5.37. The number of hydrogen-bond donors (Lipinski definition) is 1. The Labute approximate surface area is 98.8 Å². The largest absolute Gasteiger partial charge is 0.480 e. The molecular formula is C11H14N4O2. The quantitative estimate of drug-likeness (QED) is 0.831. The van der Waals surface area contributed by atoms with Crippen LogP contribution in [0.2, 0.25) is 0 Å². The van der Waals surface area contributed by atoms with Crippen LogP contribution in [0.4, 0.5) is 0 Å². The van der Waals surface area contributed by atoms with Gasteiger partial charge in [0.25, 0.3) is 5.89 Å². The molecule has 2 aromatic heterocycles. The Bertz CT molecular complexity index is 484. The maximum absolute atomic E-state index is 5.52. The lowest BCUT2D eigenvalue weighted by molar-refractivity contribution is 0.397. The van der Waals surface area contributed by atoms with Crippen molar-refractivity contribution in [3.63, 3.8) is 0 Å². The first-order chi connectivity index (χ1) is 8.35. The number of nitrogens with zero attached hydrogens (tertiary/aromatic N) is 3. The van der Waals surface area contributed by atoms with E-state index in [1.54, 1.807) is 19.4 Å². The van der Waals surface area contributed by atoms with E-state index in [0.29, 0.717) is 36.2 Å². The highest BCUT2D eigenvalue weighted by Crippen LogP contribution is 2.26. The summed E-state index contributed by atoms with van der Waals surface area (Å²) in [4.78, 5) is 4.07. The van der Waals surface area contributed by atoms with Crippen molar-refractivity contribution in [2.75, 3.05) is 13.7 Å². The second kappa shape index (κ2) is 5.40. The number of methoxy groups -OCH3 is 1. The molecule has 0 aliphatic carbocycles. The molecule has 0 atom stereocenters. The van der Waals surface area contributed by atoms with Crippen LogP contribution < -0.4 is 10.5 Å². The van der Waals surface area contributed by atoms with E-state index in [0.717, 1.165) is 6.42 Å². The van der Waals surface area contributed by atoms with Gasteiger partial charge in [-0.05, 0) is 25.1 Å².